The van der Waals surface area contributed by atoms with Crippen molar-refractivity contribution in [3.63, 3.8) is 0 Å². The predicted molar refractivity (Wildman–Crippen MR) is 124 cm³/mol. The van der Waals surface area contributed by atoms with Gasteiger partial charge in [-0.25, -0.2) is 0 Å². The highest BCUT2D eigenvalue weighted by Crippen LogP contribution is 2.15. The molecule has 0 bridgehead atoms. The molecule has 6 nitrogen and oxygen atoms in total. The first-order valence-corrected chi connectivity index (χ1v) is 10.5. The second-order valence-corrected chi connectivity index (χ2v) is 7.58. The van der Waals surface area contributed by atoms with Crippen molar-refractivity contribution < 1.29 is 9.21 Å². The van der Waals surface area contributed by atoms with Crippen LogP contribution in [0.1, 0.15) is 45.7 Å². The third-order valence-corrected chi connectivity index (χ3v) is 5.06. The van der Waals surface area contributed by atoms with Crippen molar-refractivity contribution in [2.24, 2.45) is 4.99 Å². The summed E-state index contributed by atoms with van der Waals surface area (Å²) in [6.07, 6.45) is 1.59. The normalized spacial score (nSPS) is 12.3. The second-order valence-electron chi connectivity index (χ2n) is 7.58. The van der Waals surface area contributed by atoms with Gasteiger partial charge in [0.25, 0.3) is 5.91 Å². The first-order valence-electron chi connectivity index (χ1n) is 10.5. The van der Waals surface area contributed by atoms with Crippen molar-refractivity contribution in [1.29, 1.82) is 0 Å². The van der Waals surface area contributed by atoms with Gasteiger partial charge in [0.1, 0.15) is 5.76 Å². The molecular formula is C25H30N4O2. The molecule has 0 radical (unpaired) electrons. The van der Waals surface area contributed by atoms with Gasteiger partial charge in [-0.2, -0.15) is 0 Å². The number of nitrogens with zero attached hydrogens (tertiary/aromatic N) is 1. The number of carbonyl (C=O) groups is 1. The minimum atomic E-state index is -0.132. The number of furan rings is 1. The summed E-state index contributed by atoms with van der Waals surface area (Å²) in [5, 5.41) is 9.56. The van der Waals surface area contributed by atoms with Crippen LogP contribution in [-0.4, -0.2) is 25.5 Å². The molecule has 3 N–H and O–H groups in total. The fraction of sp³-hybridized carbons (Fsp3) is 0.280. The van der Waals surface area contributed by atoms with Crippen molar-refractivity contribution in [1.82, 2.24) is 16.0 Å². The largest absolute Gasteiger partial charge is 0.467 e. The monoisotopic (exact) mass is 418 g/mol. The maximum atomic E-state index is 12.4. The van der Waals surface area contributed by atoms with Crippen LogP contribution < -0.4 is 16.0 Å². The van der Waals surface area contributed by atoms with E-state index in [0.717, 1.165) is 23.8 Å². The summed E-state index contributed by atoms with van der Waals surface area (Å²) >= 11 is 0. The Labute approximate surface area is 183 Å². The number of benzene rings is 2. The SMILES string of the molecule is CN=C(NCc1cccc(C(=O)NCc2ccco2)c1)NCC(C)c1cccc(C)c1. The lowest BCUT2D eigenvalue weighted by Gasteiger charge is -2.17. The smallest absolute Gasteiger partial charge is 0.251 e. The molecule has 0 fully saturated rings. The molecule has 1 heterocycles. The maximum absolute atomic E-state index is 12.4. The van der Waals surface area contributed by atoms with Crippen LogP contribution in [0.15, 0.2) is 76.3 Å². The van der Waals surface area contributed by atoms with E-state index in [1.54, 1.807) is 25.4 Å². The zero-order valence-electron chi connectivity index (χ0n) is 18.3. The molecule has 3 aromatic rings. The Morgan fingerprint density at radius 3 is 2.58 bits per heavy atom. The predicted octanol–water partition coefficient (Wildman–Crippen LogP) is 3.99. The molecule has 0 spiro atoms. The maximum Gasteiger partial charge on any atom is 0.251 e. The number of amides is 1. The lowest BCUT2D eigenvalue weighted by atomic mass is 9.99. The van der Waals surface area contributed by atoms with Gasteiger partial charge in [-0.15, -0.1) is 0 Å². The van der Waals surface area contributed by atoms with Crippen molar-refractivity contribution >= 4 is 11.9 Å². The second kappa shape index (κ2) is 11.0. The van der Waals surface area contributed by atoms with Crippen LogP contribution >= 0.6 is 0 Å². The molecule has 1 unspecified atom stereocenters. The molecule has 0 aliphatic rings. The Hall–Kier alpha value is -3.54. The summed E-state index contributed by atoms with van der Waals surface area (Å²) in [7, 11) is 1.76. The molecule has 6 heteroatoms. The number of aryl methyl sites for hydroxylation is 1. The Morgan fingerprint density at radius 1 is 1.00 bits per heavy atom. The lowest BCUT2D eigenvalue weighted by molar-refractivity contribution is 0.0948. The number of hydrogen-bond acceptors (Lipinski definition) is 3. The third kappa shape index (κ3) is 6.74. The number of rotatable bonds is 8. The summed E-state index contributed by atoms with van der Waals surface area (Å²) in [4.78, 5) is 16.7. The Bertz CT molecular complexity index is 1010. The van der Waals surface area contributed by atoms with Gasteiger partial charge in [-0.05, 0) is 48.2 Å². The molecule has 0 aliphatic heterocycles. The van der Waals surface area contributed by atoms with E-state index in [1.807, 2.05) is 24.3 Å². The highest BCUT2D eigenvalue weighted by atomic mass is 16.3. The number of carbonyl (C=O) groups excluding carboxylic acids is 1. The number of guanidine groups is 1. The molecule has 162 valence electrons. The van der Waals surface area contributed by atoms with Crippen LogP contribution in [0.2, 0.25) is 0 Å². The van der Waals surface area contributed by atoms with Crippen molar-refractivity contribution in [2.45, 2.75) is 32.9 Å². The highest BCUT2D eigenvalue weighted by Gasteiger charge is 2.09. The van der Waals surface area contributed by atoms with Gasteiger partial charge in [0.2, 0.25) is 0 Å². The van der Waals surface area contributed by atoms with Gasteiger partial charge in [-0.3, -0.25) is 9.79 Å². The Morgan fingerprint density at radius 2 is 1.84 bits per heavy atom. The molecule has 0 saturated carbocycles. The number of aliphatic imine (C=N–C) groups is 1. The van der Waals surface area contributed by atoms with E-state index in [9.17, 15) is 4.79 Å². The molecule has 1 amide bonds. The summed E-state index contributed by atoms with van der Waals surface area (Å²) in [6, 6.07) is 19.7. The molecule has 31 heavy (non-hydrogen) atoms. The standard InChI is InChI=1S/C25H30N4O2/c1-18-7-4-9-21(13-18)19(2)15-28-25(26-3)29-16-20-8-5-10-22(14-20)24(30)27-17-23-11-6-12-31-23/h4-14,19H,15-17H2,1-3H3,(H,27,30)(H2,26,28,29). The number of hydrogen-bond donors (Lipinski definition) is 3. The van der Waals surface area contributed by atoms with Crippen LogP contribution in [0.4, 0.5) is 0 Å². The Kier molecular flexibility index (Phi) is 7.87. The Balaban J connectivity index is 1.50. The lowest BCUT2D eigenvalue weighted by Crippen LogP contribution is -2.38. The average Bonchev–Trinajstić information content (AvgIpc) is 3.31. The first kappa shape index (κ1) is 22.2. The third-order valence-electron chi connectivity index (χ3n) is 5.06. The van der Waals surface area contributed by atoms with Gasteiger partial charge in [0.05, 0.1) is 12.8 Å². The van der Waals surface area contributed by atoms with Crippen molar-refractivity contribution in [3.05, 3.63) is 94.9 Å². The summed E-state index contributed by atoms with van der Waals surface area (Å²) in [5.41, 5.74) is 4.18. The van der Waals surface area contributed by atoms with Gasteiger partial charge in [0.15, 0.2) is 5.96 Å². The minimum Gasteiger partial charge on any atom is -0.467 e. The summed E-state index contributed by atoms with van der Waals surface area (Å²) < 4.78 is 5.25. The molecule has 1 atom stereocenters. The molecule has 3 rings (SSSR count). The van der Waals surface area contributed by atoms with Gasteiger partial charge < -0.3 is 20.4 Å². The average molecular weight is 419 g/mol. The van der Waals surface area contributed by atoms with Gasteiger partial charge in [0, 0.05) is 25.7 Å². The molecule has 0 aliphatic carbocycles. The van der Waals surface area contributed by atoms with E-state index in [0.29, 0.717) is 24.6 Å². The van der Waals surface area contributed by atoms with E-state index in [2.05, 4.69) is 59.1 Å². The topological polar surface area (TPSA) is 78.7 Å². The zero-order chi connectivity index (χ0) is 22.1. The molecular weight excluding hydrogens is 388 g/mol. The summed E-state index contributed by atoms with van der Waals surface area (Å²) in [5.74, 6) is 1.68. The fourth-order valence-electron chi connectivity index (χ4n) is 3.26. The van der Waals surface area contributed by atoms with E-state index in [4.69, 9.17) is 4.42 Å². The van der Waals surface area contributed by atoms with Crippen LogP contribution in [0.25, 0.3) is 0 Å². The van der Waals surface area contributed by atoms with E-state index in [-0.39, 0.29) is 5.91 Å². The van der Waals surface area contributed by atoms with Crippen LogP contribution in [0.3, 0.4) is 0 Å². The molecule has 1 aromatic heterocycles. The first-order chi connectivity index (χ1) is 15.0. The van der Waals surface area contributed by atoms with E-state index < -0.39 is 0 Å². The molecule has 2 aromatic carbocycles. The van der Waals surface area contributed by atoms with Crippen molar-refractivity contribution in [2.75, 3.05) is 13.6 Å². The zero-order valence-corrected chi connectivity index (χ0v) is 18.3. The van der Waals surface area contributed by atoms with Crippen LogP contribution in [0.5, 0.6) is 0 Å². The van der Waals surface area contributed by atoms with Crippen LogP contribution in [0, 0.1) is 6.92 Å². The quantitative estimate of drug-likeness (QED) is 0.382. The van der Waals surface area contributed by atoms with E-state index >= 15 is 0 Å². The highest BCUT2D eigenvalue weighted by molar-refractivity contribution is 5.94. The van der Waals surface area contributed by atoms with Gasteiger partial charge in [-0.1, -0.05) is 48.9 Å². The number of nitrogens with one attached hydrogen (secondary N) is 3. The minimum absolute atomic E-state index is 0.132. The van der Waals surface area contributed by atoms with Crippen molar-refractivity contribution in [3.8, 4) is 0 Å². The molecule has 0 saturated heterocycles. The van der Waals surface area contributed by atoms with E-state index in [1.165, 1.54) is 11.1 Å². The van der Waals surface area contributed by atoms with Gasteiger partial charge >= 0.3 is 0 Å². The fourth-order valence-corrected chi connectivity index (χ4v) is 3.26. The summed E-state index contributed by atoms with van der Waals surface area (Å²) in [6.45, 7) is 6.01. The van der Waals surface area contributed by atoms with Crippen LogP contribution in [-0.2, 0) is 13.1 Å².